The average molecular weight is 278 g/mol. The highest BCUT2D eigenvalue weighted by atomic mass is 19.1. The Hall–Kier alpha value is -1.48. The SMILES string of the molecule is N#Cc1cc(CN2CCC(OCCO)CC2)ccc1F. The topological polar surface area (TPSA) is 56.5 Å². The van der Waals surface area contributed by atoms with Crippen LogP contribution in [0.3, 0.4) is 0 Å². The van der Waals surface area contributed by atoms with E-state index in [2.05, 4.69) is 4.90 Å². The second kappa shape index (κ2) is 7.34. The van der Waals surface area contributed by atoms with Gasteiger partial charge in [0.2, 0.25) is 0 Å². The molecule has 0 aliphatic carbocycles. The summed E-state index contributed by atoms with van der Waals surface area (Å²) in [5.41, 5.74) is 1.06. The molecule has 0 radical (unpaired) electrons. The minimum absolute atomic E-state index is 0.0622. The molecule has 1 aliphatic rings. The summed E-state index contributed by atoms with van der Waals surface area (Å²) in [6, 6.07) is 6.56. The minimum Gasteiger partial charge on any atom is -0.394 e. The Balaban J connectivity index is 1.85. The van der Waals surface area contributed by atoms with E-state index in [4.69, 9.17) is 15.1 Å². The molecule has 0 saturated carbocycles. The van der Waals surface area contributed by atoms with Crippen LogP contribution in [0.5, 0.6) is 0 Å². The Morgan fingerprint density at radius 1 is 1.40 bits per heavy atom. The Morgan fingerprint density at radius 3 is 2.80 bits per heavy atom. The quantitative estimate of drug-likeness (QED) is 0.890. The van der Waals surface area contributed by atoms with Gasteiger partial charge in [0.15, 0.2) is 0 Å². The second-order valence-electron chi connectivity index (χ2n) is 5.00. The van der Waals surface area contributed by atoms with Crippen LogP contribution in [0.2, 0.25) is 0 Å². The molecule has 1 N–H and O–H groups in total. The van der Waals surface area contributed by atoms with Gasteiger partial charge in [0, 0.05) is 19.6 Å². The van der Waals surface area contributed by atoms with Crippen LogP contribution in [0.4, 0.5) is 4.39 Å². The van der Waals surface area contributed by atoms with Crippen molar-refractivity contribution in [3.63, 3.8) is 0 Å². The van der Waals surface area contributed by atoms with Crippen LogP contribution in [-0.4, -0.2) is 42.4 Å². The first-order valence-corrected chi connectivity index (χ1v) is 6.86. The van der Waals surface area contributed by atoms with Gasteiger partial charge in [-0.15, -0.1) is 0 Å². The number of benzene rings is 1. The maximum absolute atomic E-state index is 13.2. The molecule has 5 heteroatoms. The van der Waals surface area contributed by atoms with Crippen LogP contribution in [0.25, 0.3) is 0 Å². The Labute approximate surface area is 118 Å². The number of halogens is 1. The first-order chi connectivity index (χ1) is 9.72. The van der Waals surface area contributed by atoms with E-state index >= 15 is 0 Å². The molecule has 1 fully saturated rings. The molecule has 0 atom stereocenters. The molecule has 0 unspecified atom stereocenters. The molecular weight excluding hydrogens is 259 g/mol. The number of nitriles is 1. The molecule has 108 valence electrons. The van der Waals surface area contributed by atoms with Crippen molar-refractivity contribution in [2.75, 3.05) is 26.3 Å². The standard InChI is InChI=1S/C15H19FN2O2/c16-15-2-1-12(9-13(15)10-17)11-18-5-3-14(4-6-18)20-8-7-19/h1-2,9,14,19H,3-8,11H2. The van der Waals surface area contributed by atoms with E-state index in [9.17, 15) is 4.39 Å². The van der Waals surface area contributed by atoms with Gasteiger partial charge < -0.3 is 9.84 Å². The molecule has 1 aliphatic heterocycles. The number of nitrogens with zero attached hydrogens (tertiary/aromatic N) is 2. The molecule has 0 amide bonds. The predicted octanol–water partition coefficient (Wildman–Crippen LogP) is 1.67. The maximum Gasteiger partial charge on any atom is 0.140 e. The van der Waals surface area contributed by atoms with Gasteiger partial charge in [-0.3, -0.25) is 4.90 Å². The fourth-order valence-corrected chi connectivity index (χ4v) is 2.47. The third-order valence-electron chi connectivity index (χ3n) is 3.54. The highest BCUT2D eigenvalue weighted by Gasteiger charge is 2.19. The maximum atomic E-state index is 13.2. The van der Waals surface area contributed by atoms with Crippen molar-refractivity contribution in [3.8, 4) is 6.07 Å². The number of likely N-dealkylation sites (tertiary alicyclic amines) is 1. The highest BCUT2D eigenvalue weighted by molar-refractivity contribution is 5.34. The summed E-state index contributed by atoms with van der Waals surface area (Å²) in [4.78, 5) is 2.27. The van der Waals surface area contributed by atoms with E-state index < -0.39 is 5.82 Å². The van der Waals surface area contributed by atoms with Crippen LogP contribution in [-0.2, 0) is 11.3 Å². The first kappa shape index (κ1) is 14.9. The predicted molar refractivity (Wildman–Crippen MR) is 72.5 cm³/mol. The summed E-state index contributed by atoms with van der Waals surface area (Å²) in [6.07, 6.45) is 2.10. The minimum atomic E-state index is -0.465. The molecule has 0 spiro atoms. The number of ether oxygens (including phenoxy) is 1. The first-order valence-electron chi connectivity index (χ1n) is 6.86. The number of hydrogen-bond acceptors (Lipinski definition) is 4. The zero-order valence-corrected chi connectivity index (χ0v) is 11.4. The van der Waals surface area contributed by atoms with E-state index in [0.29, 0.717) is 6.61 Å². The third-order valence-corrected chi connectivity index (χ3v) is 3.54. The molecular formula is C15H19FN2O2. The molecule has 20 heavy (non-hydrogen) atoms. The lowest BCUT2D eigenvalue weighted by molar-refractivity contribution is -0.00901. The van der Waals surface area contributed by atoms with Crippen molar-refractivity contribution in [3.05, 3.63) is 35.1 Å². The molecule has 1 saturated heterocycles. The van der Waals surface area contributed by atoms with Gasteiger partial charge in [0.25, 0.3) is 0 Å². The van der Waals surface area contributed by atoms with Crippen molar-refractivity contribution in [2.45, 2.75) is 25.5 Å². The van der Waals surface area contributed by atoms with E-state index in [1.807, 2.05) is 6.07 Å². The van der Waals surface area contributed by atoms with Crippen LogP contribution in [0.15, 0.2) is 18.2 Å². The lowest BCUT2D eigenvalue weighted by atomic mass is 10.1. The van der Waals surface area contributed by atoms with Crippen LogP contribution >= 0.6 is 0 Å². The fraction of sp³-hybridized carbons (Fsp3) is 0.533. The molecule has 1 aromatic carbocycles. The normalized spacial score (nSPS) is 17.1. The summed E-state index contributed by atoms with van der Waals surface area (Å²) in [6.45, 7) is 3.01. The van der Waals surface area contributed by atoms with Crippen LogP contribution < -0.4 is 0 Å². The Morgan fingerprint density at radius 2 is 2.15 bits per heavy atom. The lowest BCUT2D eigenvalue weighted by Crippen LogP contribution is -2.36. The molecule has 1 heterocycles. The van der Waals surface area contributed by atoms with Gasteiger partial charge in [0.05, 0.1) is 24.9 Å². The molecule has 0 bridgehead atoms. The van der Waals surface area contributed by atoms with Crippen LogP contribution in [0.1, 0.15) is 24.0 Å². The fourth-order valence-electron chi connectivity index (χ4n) is 2.47. The number of piperidine rings is 1. The van der Waals surface area contributed by atoms with Crippen LogP contribution in [0, 0.1) is 17.1 Å². The summed E-state index contributed by atoms with van der Waals surface area (Å²) in [7, 11) is 0. The summed E-state index contributed by atoms with van der Waals surface area (Å²) >= 11 is 0. The molecule has 0 aromatic heterocycles. The van der Waals surface area contributed by atoms with E-state index in [1.54, 1.807) is 12.1 Å². The number of hydrogen-bond donors (Lipinski definition) is 1. The summed E-state index contributed by atoms with van der Waals surface area (Å²) in [5.74, 6) is -0.465. The Bertz CT molecular complexity index is 479. The van der Waals surface area contributed by atoms with E-state index in [0.717, 1.165) is 38.0 Å². The second-order valence-corrected chi connectivity index (χ2v) is 5.00. The lowest BCUT2D eigenvalue weighted by Gasteiger charge is -2.31. The Kier molecular flexibility index (Phi) is 5.48. The van der Waals surface area contributed by atoms with Gasteiger partial charge in [-0.25, -0.2) is 4.39 Å². The molecule has 2 rings (SSSR count). The van der Waals surface area contributed by atoms with Crippen molar-refractivity contribution in [1.29, 1.82) is 5.26 Å². The molecule has 1 aromatic rings. The monoisotopic (exact) mass is 278 g/mol. The van der Waals surface area contributed by atoms with E-state index in [-0.39, 0.29) is 18.3 Å². The third kappa shape index (κ3) is 4.01. The zero-order chi connectivity index (χ0) is 14.4. The largest absolute Gasteiger partial charge is 0.394 e. The number of aliphatic hydroxyl groups excluding tert-OH is 1. The highest BCUT2D eigenvalue weighted by Crippen LogP contribution is 2.17. The van der Waals surface area contributed by atoms with Crippen molar-refractivity contribution < 1.29 is 14.2 Å². The van der Waals surface area contributed by atoms with Gasteiger partial charge in [0.1, 0.15) is 11.9 Å². The van der Waals surface area contributed by atoms with Gasteiger partial charge >= 0.3 is 0 Å². The smallest absolute Gasteiger partial charge is 0.140 e. The number of rotatable bonds is 5. The molecule has 4 nitrogen and oxygen atoms in total. The summed E-state index contributed by atoms with van der Waals surface area (Å²) < 4.78 is 18.8. The van der Waals surface area contributed by atoms with Crippen molar-refractivity contribution in [1.82, 2.24) is 4.90 Å². The van der Waals surface area contributed by atoms with Gasteiger partial charge in [-0.2, -0.15) is 5.26 Å². The van der Waals surface area contributed by atoms with Crippen molar-refractivity contribution >= 4 is 0 Å². The van der Waals surface area contributed by atoms with Crippen molar-refractivity contribution in [2.24, 2.45) is 0 Å². The number of aliphatic hydroxyl groups is 1. The summed E-state index contributed by atoms with van der Waals surface area (Å²) in [5, 5.41) is 17.5. The van der Waals surface area contributed by atoms with Gasteiger partial charge in [-0.05, 0) is 30.5 Å². The van der Waals surface area contributed by atoms with E-state index in [1.165, 1.54) is 6.07 Å². The average Bonchev–Trinajstić information content (AvgIpc) is 2.48. The van der Waals surface area contributed by atoms with Gasteiger partial charge in [-0.1, -0.05) is 6.07 Å². The zero-order valence-electron chi connectivity index (χ0n) is 11.4.